The van der Waals surface area contributed by atoms with Crippen LogP contribution in [0.1, 0.15) is 20.3 Å². The molecule has 0 saturated heterocycles. The first-order valence-electron chi connectivity index (χ1n) is 6.61. The van der Waals surface area contributed by atoms with Crippen LogP contribution in [0.2, 0.25) is 0 Å². The van der Waals surface area contributed by atoms with Crippen LogP contribution in [0.25, 0.3) is 0 Å². The number of halogens is 2. The molecule has 0 bridgehead atoms. The Hall–Kier alpha value is -1.31. The standard InChI is InChI=1S/C15H22FN3O.HI/c1-4-13(10-19-15(17)18-9-11(2)3)20-14-7-5-6-12(16)8-14;/h5-8,13H,2,4,9-10H2,1,3H3,(H3,17,18,19);1H. The summed E-state index contributed by atoms with van der Waals surface area (Å²) in [5.74, 6) is 0.540. The highest BCUT2D eigenvalue weighted by Crippen LogP contribution is 2.15. The number of benzene rings is 1. The van der Waals surface area contributed by atoms with E-state index in [0.717, 1.165) is 12.0 Å². The van der Waals surface area contributed by atoms with Gasteiger partial charge in [0.1, 0.15) is 17.7 Å². The first kappa shape index (κ1) is 19.7. The maximum Gasteiger partial charge on any atom is 0.188 e. The number of aliphatic imine (C=N–C) groups is 1. The summed E-state index contributed by atoms with van der Waals surface area (Å²) in [5, 5.41) is 2.95. The predicted octanol–water partition coefficient (Wildman–Crippen LogP) is 3.08. The Morgan fingerprint density at radius 2 is 2.24 bits per heavy atom. The summed E-state index contributed by atoms with van der Waals surface area (Å²) in [6, 6.07) is 6.07. The third-order valence-electron chi connectivity index (χ3n) is 2.59. The van der Waals surface area contributed by atoms with Gasteiger partial charge in [0.2, 0.25) is 0 Å². The molecule has 0 fully saturated rings. The maximum absolute atomic E-state index is 13.1. The van der Waals surface area contributed by atoms with Crippen LogP contribution in [0.5, 0.6) is 5.75 Å². The van der Waals surface area contributed by atoms with Crippen LogP contribution in [-0.2, 0) is 0 Å². The summed E-state index contributed by atoms with van der Waals surface area (Å²) < 4.78 is 18.7. The zero-order chi connectivity index (χ0) is 15.0. The number of hydrogen-bond donors (Lipinski definition) is 2. The van der Waals surface area contributed by atoms with Gasteiger partial charge in [-0.1, -0.05) is 25.1 Å². The molecule has 0 saturated carbocycles. The second kappa shape index (κ2) is 10.4. The summed E-state index contributed by atoms with van der Waals surface area (Å²) in [4.78, 5) is 4.21. The van der Waals surface area contributed by atoms with Crippen LogP contribution in [0.4, 0.5) is 4.39 Å². The van der Waals surface area contributed by atoms with Crippen molar-refractivity contribution in [2.45, 2.75) is 26.4 Å². The van der Waals surface area contributed by atoms with E-state index in [9.17, 15) is 4.39 Å². The molecular formula is C15H23FIN3O. The van der Waals surface area contributed by atoms with E-state index in [0.29, 0.717) is 24.8 Å². The third kappa shape index (κ3) is 8.54. The molecule has 1 aromatic rings. The van der Waals surface area contributed by atoms with Gasteiger partial charge >= 0.3 is 0 Å². The third-order valence-corrected chi connectivity index (χ3v) is 2.59. The molecule has 0 aliphatic heterocycles. The van der Waals surface area contributed by atoms with Gasteiger partial charge in [-0.25, -0.2) is 9.38 Å². The summed E-state index contributed by atoms with van der Waals surface area (Å²) in [6.45, 7) is 8.67. The van der Waals surface area contributed by atoms with Crippen molar-refractivity contribution >= 4 is 29.9 Å². The zero-order valence-electron chi connectivity index (χ0n) is 12.4. The van der Waals surface area contributed by atoms with E-state index in [2.05, 4.69) is 16.9 Å². The summed E-state index contributed by atoms with van der Waals surface area (Å²) in [7, 11) is 0. The fraction of sp³-hybridized carbons (Fsp3) is 0.400. The molecule has 0 aliphatic rings. The van der Waals surface area contributed by atoms with Crippen LogP contribution >= 0.6 is 24.0 Å². The molecule has 21 heavy (non-hydrogen) atoms. The van der Waals surface area contributed by atoms with E-state index in [4.69, 9.17) is 10.5 Å². The van der Waals surface area contributed by atoms with E-state index in [1.165, 1.54) is 12.1 Å². The SMILES string of the molecule is C=C(C)CNC(N)=NCC(CC)Oc1cccc(F)c1.I. The predicted molar refractivity (Wildman–Crippen MR) is 95.8 cm³/mol. The first-order chi connectivity index (χ1) is 9.51. The van der Waals surface area contributed by atoms with Crippen molar-refractivity contribution in [1.82, 2.24) is 5.32 Å². The minimum absolute atomic E-state index is 0. The van der Waals surface area contributed by atoms with Crippen LogP contribution in [0, 0.1) is 5.82 Å². The summed E-state index contributed by atoms with van der Waals surface area (Å²) in [5.41, 5.74) is 6.70. The molecule has 0 aliphatic carbocycles. The van der Waals surface area contributed by atoms with Crippen molar-refractivity contribution in [1.29, 1.82) is 0 Å². The van der Waals surface area contributed by atoms with Gasteiger partial charge < -0.3 is 15.8 Å². The minimum atomic E-state index is -0.316. The van der Waals surface area contributed by atoms with Crippen molar-refractivity contribution in [3.63, 3.8) is 0 Å². The Morgan fingerprint density at radius 1 is 1.52 bits per heavy atom. The number of guanidine groups is 1. The number of nitrogens with zero attached hydrogens (tertiary/aromatic N) is 1. The molecule has 0 aromatic heterocycles. The molecule has 6 heteroatoms. The lowest BCUT2D eigenvalue weighted by molar-refractivity contribution is 0.205. The van der Waals surface area contributed by atoms with Gasteiger partial charge in [0.05, 0.1) is 6.54 Å². The highest BCUT2D eigenvalue weighted by molar-refractivity contribution is 14.0. The van der Waals surface area contributed by atoms with E-state index in [-0.39, 0.29) is 35.9 Å². The molecule has 3 N–H and O–H groups in total. The second-order valence-corrected chi connectivity index (χ2v) is 4.64. The molecule has 4 nitrogen and oxygen atoms in total. The zero-order valence-corrected chi connectivity index (χ0v) is 14.8. The van der Waals surface area contributed by atoms with Gasteiger partial charge in [-0.3, -0.25) is 0 Å². The van der Waals surface area contributed by atoms with Crippen molar-refractivity contribution in [3.8, 4) is 5.75 Å². The first-order valence-corrected chi connectivity index (χ1v) is 6.61. The van der Waals surface area contributed by atoms with Crippen LogP contribution in [0.15, 0.2) is 41.4 Å². The molecule has 0 amide bonds. The Balaban J connectivity index is 0.00000400. The molecule has 1 unspecified atom stereocenters. The fourth-order valence-corrected chi connectivity index (χ4v) is 1.48. The van der Waals surface area contributed by atoms with Crippen LogP contribution in [-0.4, -0.2) is 25.2 Å². The lowest BCUT2D eigenvalue weighted by Gasteiger charge is -2.16. The average molecular weight is 407 g/mol. The van der Waals surface area contributed by atoms with E-state index in [1.807, 2.05) is 13.8 Å². The lowest BCUT2D eigenvalue weighted by atomic mass is 10.2. The van der Waals surface area contributed by atoms with E-state index in [1.54, 1.807) is 12.1 Å². The normalized spacial score (nSPS) is 12.2. The van der Waals surface area contributed by atoms with Gasteiger partial charge in [0.15, 0.2) is 5.96 Å². The van der Waals surface area contributed by atoms with Crippen molar-refractivity contribution in [2.24, 2.45) is 10.7 Å². The smallest absolute Gasteiger partial charge is 0.188 e. The van der Waals surface area contributed by atoms with Crippen molar-refractivity contribution < 1.29 is 9.13 Å². The fourth-order valence-electron chi connectivity index (χ4n) is 1.48. The monoisotopic (exact) mass is 407 g/mol. The maximum atomic E-state index is 13.1. The van der Waals surface area contributed by atoms with Gasteiger partial charge in [-0.15, -0.1) is 24.0 Å². The molecular weight excluding hydrogens is 384 g/mol. The Kier molecular flexibility index (Phi) is 9.77. The highest BCUT2D eigenvalue weighted by atomic mass is 127. The topological polar surface area (TPSA) is 59.6 Å². The van der Waals surface area contributed by atoms with Gasteiger partial charge in [-0.05, 0) is 25.5 Å². The number of rotatable bonds is 7. The Morgan fingerprint density at radius 3 is 2.81 bits per heavy atom. The molecule has 1 rings (SSSR count). The number of ether oxygens (including phenoxy) is 1. The highest BCUT2D eigenvalue weighted by Gasteiger charge is 2.08. The minimum Gasteiger partial charge on any atom is -0.488 e. The Bertz CT molecular complexity index is 480. The van der Waals surface area contributed by atoms with Crippen LogP contribution in [0.3, 0.4) is 0 Å². The van der Waals surface area contributed by atoms with E-state index >= 15 is 0 Å². The quantitative estimate of drug-likeness (QED) is 0.316. The average Bonchev–Trinajstić information content (AvgIpc) is 2.41. The molecule has 1 atom stereocenters. The molecule has 0 radical (unpaired) electrons. The van der Waals surface area contributed by atoms with Crippen molar-refractivity contribution in [2.75, 3.05) is 13.1 Å². The van der Waals surface area contributed by atoms with Gasteiger partial charge in [0.25, 0.3) is 0 Å². The molecule has 0 heterocycles. The number of nitrogens with one attached hydrogen (secondary N) is 1. The van der Waals surface area contributed by atoms with Crippen molar-refractivity contribution in [3.05, 3.63) is 42.2 Å². The van der Waals surface area contributed by atoms with Gasteiger partial charge in [-0.2, -0.15) is 0 Å². The summed E-state index contributed by atoms with van der Waals surface area (Å²) >= 11 is 0. The largest absolute Gasteiger partial charge is 0.488 e. The number of hydrogen-bond acceptors (Lipinski definition) is 2. The molecule has 118 valence electrons. The number of nitrogens with two attached hydrogens (primary N) is 1. The molecule has 1 aromatic carbocycles. The summed E-state index contributed by atoms with van der Waals surface area (Å²) in [6.07, 6.45) is 0.621. The lowest BCUT2D eigenvalue weighted by Crippen LogP contribution is -2.34. The second-order valence-electron chi connectivity index (χ2n) is 4.64. The Labute approximate surface area is 142 Å². The molecule has 0 spiro atoms. The van der Waals surface area contributed by atoms with E-state index < -0.39 is 0 Å². The van der Waals surface area contributed by atoms with Crippen LogP contribution < -0.4 is 15.8 Å². The van der Waals surface area contributed by atoms with Gasteiger partial charge in [0, 0.05) is 12.6 Å².